The molecule has 0 aliphatic heterocycles. The highest BCUT2D eigenvalue weighted by Crippen LogP contribution is 2.44. The molecule has 2 N–H and O–H groups in total. The van der Waals surface area contributed by atoms with Crippen molar-refractivity contribution < 1.29 is 8.42 Å². The second-order valence-electron chi connectivity index (χ2n) is 5.65. The van der Waals surface area contributed by atoms with Crippen molar-refractivity contribution in [3.8, 4) is 0 Å². The van der Waals surface area contributed by atoms with Crippen LogP contribution in [0, 0.1) is 11.8 Å². The van der Waals surface area contributed by atoms with Crippen LogP contribution < -0.4 is 10.0 Å². The van der Waals surface area contributed by atoms with E-state index in [0.717, 1.165) is 12.3 Å². The van der Waals surface area contributed by atoms with E-state index in [9.17, 15) is 8.42 Å². The van der Waals surface area contributed by atoms with E-state index in [0.29, 0.717) is 16.5 Å². The Morgan fingerprint density at radius 2 is 1.95 bits per heavy atom. The van der Waals surface area contributed by atoms with Crippen LogP contribution in [0.3, 0.4) is 0 Å². The summed E-state index contributed by atoms with van der Waals surface area (Å²) in [6.07, 6.45) is 4.65. The number of sulfonamides is 1. The van der Waals surface area contributed by atoms with Gasteiger partial charge in [-0.3, -0.25) is 0 Å². The lowest BCUT2D eigenvalue weighted by molar-refractivity contribution is 0.390. The molecule has 19 heavy (non-hydrogen) atoms. The van der Waals surface area contributed by atoms with Crippen molar-refractivity contribution in [3.05, 3.63) is 24.3 Å². The van der Waals surface area contributed by atoms with E-state index >= 15 is 0 Å². The summed E-state index contributed by atoms with van der Waals surface area (Å²) < 4.78 is 27.9. The first-order valence-corrected chi connectivity index (χ1v) is 8.37. The van der Waals surface area contributed by atoms with Crippen LogP contribution in [-0.4, -0.2) is 21.5 Å². The van der Waals surface area contributed by atoms with E-state index in [2.05, 4.69) is 10.0 Å². The minimum absolute atomic E-state index is 0.133. The van der Waals surface area contributed by atoms with Crippen molar-refractivity contribution in [1.29, 1.82) is 0 Å². The number of nitrogens with one attached hydrogen (secondary N) is 2. The fourth-order valence-electron chi connectivity index (χ4n) is 3.56. The largest absolute Gasteiger partial charge is 0.387 e. The Bertz CT molecular complexity index is 571. The lowest BCUT2D eigenvalue weighted by atomic mass is 9.96. The molecule has 2 aliphatic rings. The minimum atomic E-state index is -3.42. The standard InChI is InChI=1S/C14H20N2O2S/c1-15-12-4-2-3-5-14(12)19(17,18)16-13-9-10-6-7-11(13)8-10/h2-5,10-11,13,15-16H,6-9H2,1H3. The van der Waals surface area contributed by atoms with E-state index in [-0.39, 0.29) is 6.04 Å². The lowest BCUT2D eigenvalue weighted by Crippen LogP contribution is -2.38. The average molecular weight is 280 g/mol. The van der Waals surface area contributed by atoms with Gasteiger partial charge in [-0.2, -0.15) is 0 Å². The molecule has 0 aromatic heterocycles. The molecular weight excluding hydrogens is 260 g/mol. The first-order chi connectivity index (χ1) is 9.10. The molecule has 1 aromatic rings. The highest BCUT2D eigenvalue weighted by molar-refractivity contribution is 7.89. The smallest absolute Gasteiger partial charge is 0.242 e. The van der Waals surface area contributed by atoms with Crippen LogP contribution in [0.4, 0.5) is 5.69 Å². The third-order valence-corrected chi connectivity index (χ3v) is 6.04. The maximum Gasteiger partial charge on any atom is 0.242 e. The van der Waals surface area contributed by atoms with Gasteiger partial charge < -0.3 is 5.32 Å². The van der Waals surface area contributed by atoms with Gasteiger partial charge in [0, 0.05) is 13.1 Å². The molecule has 3 rings (SSSR count). The SMILES string of the molecule is CNc1ccccc1S(=O)(=O)NC1CC2CCC1C2. The summed E-state index contributed by atoms with van der Waals surface area (Å²) in [5.74, 6) is 1.28. The minimum Gasteiger partial charge on any atom is -0.387 e. The first-order valence-electron chi connectivity index (χ1n) is 6.89. The zero-order chi connectivity index (χ0) is 13.5. The van der Waals surface area contributed by atoms with Crippen molar-refractivity contribution in [1.82, 2.24) is 4.72 Å². The van der Waals surface area contributed by atoms with Crippen molar-refractivity contribution >= 4 is 15.7 Å². The monoisotopic (exact) mass is 280 g/mol. The van der Waals surface area contributed by atoms with E-state index in [4.69, 9.17) is 0 Å². The van der Waals surface area contributed by atoms with Gasteiger partial charge in [-0.25, -0.2) is 13.1 Å². The Hall–Kier alpha value is -1.07. The van der Waals surface area contributed by atoms with Crippen molar-refractivity contribution in [2.24, 2.45) is 11.8 Å². The number of hydrogen-bond acceptors (Lipinski definition) is 3. The molecule has 0 amide bonds. The van der Waals surface area contributed by atoms with E-state index < -0.39 is 10.0 Å². The zero-order valence-electron chi connectivity index (χ0n) is 11.1. The van der Waals surface area contributed by atoms with Gasteiger partial charge in [0.1, 0.15) is 4.90 Å². The fraction of sp³-hybridized carbons (Fsp3) is 0.571. The van der Waals surface area contributed by atoms with Gasteiger partial charge in [0.2, 0.25) is 10.0 Å². The molecule has 3 atom stereocenters. The van der Waals surface area contributed by atoms with Gasteiger partial charge in [0.05, 0.1) is 5.69 Å². The van der Waals surface area contributed by atoms with E-state index in [1.165, 1.54) is 19.3 Å². The van der Waals surface area contributed by atoms with Crippen LogP contribution in [0.15, 0.2) is 29.2 Å². The Kier molecular flexibility index (Phi) is 3.27. The summed E-state index contributed by atoms with van der Waals surface area (Å²) in [4.78, 5) is 0.347. The zero-order valence-corrected chi connectivity index (χ0v) is 11.9. The number of hydrogen-bond donors (Lipinski definition) is 2. The molecule has 2 bridgehead atoms. The first kappa shape index (κ1) is 12.9. The van der Waals surface area contributed by atoms with Crippen molar-refractivity contribution in [3.63, 3.8) is 0 Å². The van der Waals surface area contributed by atoms with Gasteiger partial charge in [0.15, 0.2) is 0 Å². The Morgan fingerprint density at radius 3 is 2.58 bits per heavy atom. The van der Waals surface area contributed by atoms with Crippen LogP contribution >= 0.6 is 0 Å². The second kappa shape index (κ2) is 4.80. The number of anilines is 1. The van der Waals surface area contributed by atoms with E-state index in [1.807, 2.05) is 6.07 Å². The molecule has 0 saturated heterocycles. The molecule has 104 valence electrons. The molecular formula is C14H20N2O2S. The van der Waals surface area contributed by atoms with Crippen LogP contribution in [0.25, 0.3) is 0 Å². The maximum absolute atomic E-state index is 12.5. The molecule has 0 spiro atoms. The summed E-state index contributed by atoms with van der Waals surface area (Å²) in [5, 5.41) is 2.94. The molecule has 2 fully saturated rings. The average Bonchev–Trinajstić information content (AvgIpc) is 3.00. The molecule has 2 saturated carbocycles. The molecule has 4 nitrogen and oxygen atoms in total. The summed E-state index contributed by atoms with van der Waals surface area (Å²) in [7, 11) is -1.68. The van der Waals surface area contributed by atoms with Gasteiger partial charge in [-0.15, -0.1) is 0 Å². The van der Waals surface area contributed by atoms with Crippen LogP contribution in [0.2, 0.25) is 0 Å². The Balaban J connectivity index is 1.83. The number of benzene rings is 1. The molecule has 1 aromatic carbocycles. The number of fused-ring (bicyclic) bond motifs is 2. The lowest BCUT2D eigenvalue weighted by Gasteiger charge is -2.23. The molecule has 5 heteroatoms. The quantitative estimate of drug-likeness (QED) is 0.889. The van der Waals surface area contributed by atoms with Gasteiger partial charge >= 0.3 is 0 Å². The molecule has 0 heterocycles. The summed E-state index contributed by atoms with van der Waals surface area (Å²) in [6, 6.07) is 7.17. The number of rotatable bonds is 4. The highest BCUT2D eigenvalue weighted by Gasteiger charge is 2.41. The van der Waals surface area contributed by atoms with Crippen molar-refractivity contribution in [2.45, 2.75) is 36.6 Å². The van der Waals surface area contributed by atoms with Gasteiger partial charge in [0.25, 0.3) is 0 Å². The highest BCUT2D eigenvalue weighted by atomic mass is 32.2. The topological polar surface area (TPSA) is 58.2 Å². The Morgan fingerprint density at radius 1 is 1.16 bits per heavy atom. The van der Waals surface area contributed by atoms with Crippen molar-refractivity contribution in [2.75, 3.05) is 12.4 Å². The maximum atomic E-state index is 12.5. The predicted molar refractivity (Wildman–Crippen MR) is 75.5 cm³/mol. The Labute approximate surface area is 114 Å². The van der Waals surface area contributed by atoms with Crippen LogP contribution in [0.5, 0.6) is 0 Å². The van der Waals surface area contributed by atoms with Gasteiger partial charge in [-0.05, 0) is 43.2 Å². The molecule has 2 aliphatic carbocycles. The summed E-state index contributed by atoms with van der Waals surface area (Å²) in [5.41, 5.74) is 0.651. The van der Waals surface area contributed by atoms with E-state index in [1.54, 1.807) is 25.2 Å². The van der Waals surface area contributed by atoms with Crippen LogP contribution in [0.1, 0.15) is 25.7 Å². The summed E-state index contributed by atoms with van der Waals surface area (Å²) >= 11 is 0. The second-order valence-corrected chi connectivity index (χ2v) is 7.33. The van der Waals surface area contributed by atoms with Gasteiger partial charge in [-0.1, -0.05) is 18.6 Å². The predicted octanol–water partition coefficient (Wildman–Crippen LogP) is 2.20. The summed E-state index contributed by atoms with van der Waals surface area (Å²) in [6.45, 7) is 0. The normalized spacial score (nSPS) is 29.6. The number of para-hydroxylation sites is 1. The molecule has 3 unspecified atom stereocenters. The third-order valence-electron chi connectivity index (χ3n) is 4.49. The van der Waals surface area contributed by atoms with Crippen LogP contribution in [-0.2, 0) is 10.0 Å². The molecule has 0 radical (unpaired) electrons. The fourth-order valence-corrected chi connectivity index (χ4v) is 5.09. The third kappa shape index (κ3) is 2.37.